The minimum Gasteiger partial charge on any atom is -0.369 e. The van der Waals surface area contributed by atoms with Crippen molar-refractivity contribution >= 4 is 27.4 Å². The molecule has 0 bridgehead atoms. The second kappa shape index (κ2) is 4.97. The molecule has 0 aliphatic rings. The van der Waals surface area contributed by atoms with E-state index in [1.165, 1.54) is 10.4 Å². The van der Waals surface area contributed by atoms with Crippen molar-refractivity contribution in [3.05, 3.63) is 35.0 Å². The van der Waals surface area contributed by atoms with E-state index in [9.17, 15) is 0 Å². The molecule has 0 saturated carbocycles. The van der Waals surface area contributed by atoms with Crippen LogP contribution in [0.3, 0.4) is 0 Å². The van der Waals surface area contributed by atoms with Crippen molar-refractivity contribution in [3.63, 3.8) is 0 Å². The van der Waals surface area contributed by atoms with Crippen molar-refractivity contribution in [1.29, 1.82) is 0 Å². The van der Waals surface area contributed by atoms with Crippen LogP contribution in [0.5, 0.6) is 0 Å². The Kier molecular flexibility index (Phi) is 3.16. The van der Waals surface area contributed by atoms with Gasteiger partial charge in [0.15, 0.2) is 0 Å². The lowest BCUT2D eigenvalue weighted by Crippen LogP contribution is -2.07. The smallest absolute Gasteiger partial charge is 0.138 e. The van der Waals surface area contributed by atoms with Gasteiger partial charge in [0.05, 0.1) is 11.7 Å². The van der Waals surface area contributed by atoms with Gasteiger partial charge in [0.1, 0.15) is 17.0 Å². The summed E-state index contributed by atoms with van der Waals surface area (Å²) in [6.07, 6.45) is 6.06. The van der Waals surface area contributed by atoms with E-state index < -0.39 is 0 Å². The molecule has 0 unspecified atom stereocenters. The molecule has 6 heteroatoms. The summed E-state index contributed by atoms with van der Waals surface area (Å²) in [6.45, 7) is 5.07. The third-order valence-electron chi connectivity index (χ3n) is 3.21. The van der Waals surface area contributed by atoms with Crippen LogP contribution in [0.15, 0.2) is 18.9 Å². The quantitative estimate of drug-likeness (QED) is 0.767. The highest BCUT2D eigenvalue weighted by Crippen LogP contribution is 2.32. The largest absolute Gasteiger partial charge is 0.369 e. The fourth-order valence-electron chi connectivity index (χ4n) is 2.05. The highest BCUT2D eigenvalue weighted by atomic mass is 32.1. The number of aromatic nitrogens is 4. The molecule has 3 aromatic rings. The molecular formula is C13H15N5S. The lowest BCUT2D eigenvalue weighted by atomic mass is 10.2. The molecule has 0 spiro atoms. The van der Waals surface area contributed by atoms with Crippen LogP contribution in [-0.4, -0.2) is 26.5 Å². The number of nitrogens with zero attached hydrogens (tertiary/aromatic N) is 3. The zero-order chi connectivity index (χ0) is 13.2. The van der Waals surface area contributed by atoms with E-state index in [0.29, 0.717) is 0 Å². The molecule has 0 radical (unpaired) electrons. The predicted molar refractivity (Wildman–Crippen MR) is 77.7 cm³/mol. The molecule has 0 saturated heterocycles. The molecule has 0 fully saturated rings. The van der Waals surface area contributed by atoms with Gasteiger partial charge in [-0.2, -0.15) is 0 Å². The van der Waals surface area contributed by atoms with Gasteiger partial charge in [-0.25, -0.2) is 15.0 Å². The van der Waals surface area contributed by atoms with Crippen LogP contribution >= 0.6 is 11.3 Å². The van der Waals surface area contributed by atoms with Gasteiger partial charge >= 0.3 is 0 Å². The number of nitrogens with one attached hydrogen (secondary N) is 2. The summed E-state index contributed by atoms with van der Waals surface area (Å²) < 4.78 is 0. The Morgan fingerprint density at radius 3 is 3.00 bits per heavy atom. The van der Waals surface area contributed by atoms with Crippen LogP contribution in [0, 0.1) is 13.8 Å². The molecule has 3 aromatic heterocycles. The molecule has 0 aliphatic heterocycles. The van der Waals surface area contributed by atoms with Gasteiger partial charge < -0.3 is 10.3 Å². The van der Waals surface area contributed by atoms with Crippen molar-refractivity contribution in [2.45, 2.75) is 20.3 Å². The molecule has 0 aliphatic carbocycles. The molecule has 0 atom stereocenters. The maximum atomic E-state index is 4.36. The number of thiophene rings is 1. The van der Waals surface area contributed by atoms with Crippen LogP contribution in [0.2, 0.25) is 0 Å². The molecular weight excluding hydrogens is 258 g/mol. The van der Waals surface area contributed by atoms with Gasteiger partial charge in [0, 0.05) is 29.7 Å². The normalized spacial score (nSPS) is 11.1. The minimum absolute atomic E-state index is 0.822. The fourth-order valence-corrected chi connectivity index (χ4v) is 3.05. The molecule has 0 amide bonds. The van der Waals surface area contributed by atoms with Crippen molar-refractivity contribution in [1.82, 2.24) is 19.9 Å². The Hall–Kier alpha value is -1.95. The van der Waals surface area contributed by atoms with Gasteiger partial charge in [-0.3, -0.25) is 0 Å². The Bertz CT molecular complexity index is 686. The zero-order valence-electron chi connectivity index (χ0n) is 10.9. The number of fused-ring (bicyclic) bond motifs is 1. The zero-order valence-corrected chi connectivity index (χ0v) is 11.7. The monoisotopic (exact) mass is 273 g/mol. The van der Waals surface area contributed by atoms with E-state index >= 15 is 0 Å². The highest BCUT2D eigenvalue weighted by molar-refractivity contribution is 7.18. The van der Waals surface area contributed by atoms with Crippen LogP contribution in [-0.2, 0) is 6.42 Å². The summed E-state index contributed by atoms with van der Waals surface area (Å²) in [7, 11) is 0. The van der Waals surface area contributed by atoms with Crippen LogP contribution < -0.4 is 5.32 Å². The predicted octanol–water partition coefficient (Wildman–Crippen LogP) is 2.69. The van der Waals surface area contributed by atoms with Crippen molar-refractivity contribution in [3.8, 4) is 0 Å². The lowest BCUT2D eigenvalue weighted by molar-refractivity contribution is 0.968. The molecule has 3 rings (SSSR count). The van der Waals surface area contributed by atoms with E-state index in [1.807, 2.05) is 6.20 Å². The minimum atomic E-state index is 0.822. The average Bonchev–Trinajstić information content (AvgIpc) is 3.00. The second-order valence-corrected chi connectivity index (χ2v) is 5.64. The maximum absolute atomic E-state index is 4.36. The number of aryl methyl sites for hydroxylation is 2. The third-order valence-corrected chi connectivity index (χ3v) is 4.32. The third kappa shape index (κ3) is 2.31. The summed E-state index contributed by atoms with van der Waals surface area (Å²) in [5.74, 6) is 0.923. The van der Waals surface area contributed by atoms with Crippen molar-refractivity contribution < 1.29 is 0 Å². The molecule has 19 heavy (non-hydrogen) atoms. The number of imidazole rings is 1. The molecule has 0 aromatic carbocycles. The van der Waals surface area contributed by atoms with E-state index in [2.05, 4.69) is 39.1 Å². The van der Waals surface area contributed by atoms with E-state index in [0.717, 1.165) is 34.7 Å². The number of rotatable bonds is 4. The standard InChI is InChI=1S/C13H15N5S/c1-8-9(2)19-13-11(8)12(17-7-18-13)15-4-3-10-5-14-6-16-10/h5-7H,3-4H2,1-2H3,(H,14,16)(H,15,17,18). The summed E-state index contributed by atoms with van der Waals surface area (Å²) >= 11 is 1.72. The van der Waals surface area contributed by atoms with Crippen molar-refractivity contribution in [2.75, 3.05) is 11.9 Å². The molecule has 98 valence electrons. The first-order valence-electron chi connectivity index (χ1n) is 6.17. The van der Waals surface area contributed by atoms with Gasteiger partial charge in [-0.1, -0.05) is 0 Å². The number of anilines is 1. The number of aromatic amines is 1. The van der Waals surface area contributed by atoms with Crippen LogP contribution in [0.4, 0.5) is 5.82 Å². The first-order chi connectivity index (χ1) is 9.25. The van der Waals surface area contributed by atoms with Gasteiger partial charge in [0.25, 0.3) is 0 Å². The number of hydrogen-bond acceptors (Lipinski definition) is 5. The molecule has 3 heterocycles. The maximum Gasteiger partial charge on any atom is 0.138 e. The van der Waals surface area contributed by atoms with Crippen LogP contribution in [0.25, 0.3) is 10.2 Å². The topological polar surface area (TPSA) is 66.5 Å². The van der Waals surface area contributed by atoms with Gasteiger partial charge in [0.2, 0.25) is 0 Å². The van der Waals surface area contributed by atoms with E-state index in [1.54, 1.807) is 24.0 Å². The number of H-pyrrole nitrogens is 1. The average molecular weight is 273 g/mol. The Morgan fingerprint density at radius 1 is 1.32 bits per heavy atom. The first-order valence-corrected chi connectivity index (χ1v) is 6.99. The van der Waals surface area contributed by atoms with Crippen LogP contribution in [0.1, 0.15) is 16.1 Å². The van der Waals surface area contributed by atoms with Crippen molar-refractivity contribution in [2.24, 2.45) is 0 Å². The fraction of sp³-hybridized carbons (Fsp3) is 0.308. The highest BCUT2D eigenvalue weighted by Gasteiger charge is 2.11. The Balaban J connectivity index is 1.80. The summed E-state index contributed by atoms with van der Waals surface area (Å²) in [6, 6.07) is 0. The second-order valence-electron chi connectivity index (χ2n) is 4.44. The lowest BCUT2D eigenvalue weighted by Gasteiger charge is -2.06. The van der Waals surface area contributed by atoms with Gasteiger partial charge in [-0.05, 0) is 19.4 Å². The summed E-state index contributed by atoms with van der Waals surface area (Å²) in [5, 5.41) is 4.54. The number of hydrogen-bond donors (Lipinski definition) is 2. The molecule has 5 nitrogen and oxygen atoms in total. The van der Waals surface area contributed by atoms with E-state index in [-0.39, 0.29) is 0 Å². The van der Waals surface area contributed by atoms with Gasteiger partial charge in [-0.15, -0.1) is 11.3 Å². The van der Waals surface area contributed by atoms with E-state index in [4.69, 9.17) is 0 Å². The Morgan fingerprint density at radius 2 is 2.21 bits per heavy atom. The first kappa shape index (κ1) is 12.1. The Labute approximate surface area is 115 Å². The summed E-state index contributed by atoms with van der Waals surface area (Å²) in [4.78, 5) is 18.1. The SMILES string of the molecule is Cc1sc2ncnc(NCCc3cnc[nH]3)c2c1C. The summed E-state index contributed by atoms with van der Waals surface area (Å²) in [5.41, 5.74) is 2.39. The molecule has 2 N–H and O–H groups in total.